The number of ether oxygens (including phenoxy) is 1. The molecule has 0 radical (unpaired) electrons. The molecular weight excluding hydrogens is 449 g/mol. The summed E-state index contributed by atoms with van der Waals surface area (Å²) in [5.74, 6) is 0.121. The molecule has 3 rings (SSSR count). The average molecular weight is 480 g/mol. The fourth-order valence-corrected chi connectivity index (χ4v) is 4.31. The van der Waals surface area contributed by atoms with Crippen LogP contribution in [0.3, 0.4) is 0 Å². The quantitative estimate of drug-likeness (QED) is 0.408. The van der Waals surface area contributed by atoms with Gasteiger partial charge in [-0.25, -0.2) is 4.98 Å². The average Bonchev–Trinajstić information content (AvgIpc) is 2.75. The first kappa shape index (κ1) is 24.6. The number of benzene rings is 1. The Morgan fingerprint density at radius 3 is 2.56 bits per heavy atom. The molecule has 0 bridgehead atoms. The Morgan fingerprint density at radius 1 is 1.22 bits per heavy atom. The Kier molecular flexibility index (Phi) is 8.63. The van der Waals surface area contributed by atoms with Crippen molar-refractivity contribution in [3.05, 3.63) is 46.1 Å². The van der Waals surface area contributed by atoms with Crippen LogP contribution in [0.5, 0.6) is 0 Å². The molecule has 1 aliphatic heterocycles. The highest BCUT2D eigenvalue weighted by molar-refractivity contribution is 6.41. The molecule has 0 amide bonds. The van der Waals surface area contributed by atoms with Crippen LogP contribution in [-0.4, -0.2) is 41.9 Å². The lowest BCUT2D eigenvalue weighted by Gasteiger charge is -2.38. The van der Waals surface area contributed by atoms with Gasteiger partial charge in [0.2, 0.25) is 0 Å². The predicted molar refractivity (Wildman–Crippen MR) is 131 cm³/mol. The number of rotatable bonds is 9. The molecule has 2 heterocycles. The van der Waals surface area contributed by atoms with Crippen molar-refractivity contribution in [1.82, 2.24) is 4.98 Å². The number of carboxylic acids is 1. The number of nitrogens with zero attached hydrogens (tertiary/aromatic N) is 2. The zero-order valence-electron chi connectivity index (χ0n) is 18.8. The smallest absolute Gasteiger partial charge is 0.303 e. The van der Waals surface area contributed by atoms with Gasteiger partial charge < -0.3 is 20.1 Å². The van der Waals surface area contributed by atoms with E-state index in [1.165, 1.54) is 0 Å². The minimum atomic E-state index is -0.814. The molecule has 174 valence electrons. The second-order valence-electron chi connectivity index (χ2n) is 8.76. The molecule has 2 N–H and O–H groups in total. The van der Waals surface area contributed by atoms with E-state index in [0.29, 0.717) is 22.8 Å². The van der Waals surface area contributed by atoms with Crippen LogP contribution in [0, 0.1) is 5.92 Å². The highest BCUT2D eigenvalue weighted by Crippen LogP contribution is 2.36. The lowest BCUT2D eigenvalue weighted by molar-refractivity contribution is -0.137. The van der Waals surface area contributed by atoms with Crippen LogP contribution in [0.25, 0.3) is 0 Å². The van der Waals surface area contributed by atoms with Crippen LogP contribution in [0.4, 0.5) is 17.2 Å². The first-order chi connectivity index (χ1) is 15.2. The van der Waals surface area contributed by atoms with Crippen molar-refractivity contribution in [1.29, 1.82) is 0 Å². The van der Waals surface area contributed by atoms with E-state index in [9.17, 15) is 9.90 Å². The number of nitrogens with one attached hydrogen (secondary N) is 1. The standard InChI is InChI=1S/C24H31Cl2N3O3/c1-15(2)14-29(18-8-10-32-11-9-18)21-6-4-17(16(3)12-23(30)31)13-20(21)27-22-7-5-19(25)24(26)28-22/h4-7,13,15-16,18H,8-12,14H2,1-3H3,(H,27,28)(H,30,31). The number of aromatic nitrogens is 1. The van der Waals surface area contributed by atoms with Gasteiger partial charge in [0.05, 0.1) is 22.8 Å². The second kappa shape index (κ2) is 11.2. The molecule has 1 aromatic carbocycles. The molecule has 1 aromatic heterocycles. The number of carboxylic acid groups (broad SMARTS) is 1. The molecule has 6 nitrogen and oxygen atoms in total. The summed E-state index contributed by atoms with van der Waals surface area (Å²) in [6, 6.07) is 10.0. The van der Waals surface area contributed by atoms with Crippen LogP contribution in [-0.2, 0) is 9.53 Å². The summed E-state index contributed by atoms with van der Waals surface area (Å²) in [6.45, 7) is 8.76. The van der Waals surface area contributed by atoms with E-state index in [1.807, 2.05) is 19.1 Å². The van der Waals surface area contributed by atoms with Gasteiger partial charge in [-0.1, -0.05) is 50.0 Å². The van der Waals surface area contributed by atoms with Gasteiger partial charge in [0.15, 0.2) is 0 Å². The highest BCUT2D eigenvalue weighted by Gasteiger charge is 2.25. The Morgan fingerprint density at radius 2 is 1.94 bits per heavy atom. The molecule has 1 saturated heterocycles. The molecular formula is C24H31Cl2N3O3. The van der Waals surface area contributed by atoms with Gasteiger partial charge in [0, 0.05) is 25.8 Å². The van der Waals surface area contributed by atoms with Crippen molar-refractivity contribution in [2.75, 3.05) is 30.0 Å². The number of carbonyl (C=O) groups is 1. The Hall–Kier alpha value is -2.02. The zero-order chi connectivity index (χ0) is 23.3. The lowest BCUT2D eigenvalue weighted by Crippen LogP contribution is -2.42. The van der Waals surface area contributed by atoms with Gasteiger partial charge in [0.1, 0.15) is 11.0 Å². The van der Waals surface area contributed by atoms with E-state index in [4.69, 9.17) is 27.9 Å². The maximum absolute atomic E-state index is 11.3. The highest BCUT2D eigenvalue weighted by atomic mass is 35.5. The maximum Gasteiger partial charge on any atom is 0.303 e. The van der Waals surface area contributed by atoms with Crippen molar-refractivity contribution in [3.8, 4) is 0 Å². The number of aliphatic carboxylic acids is 1. The monoisotopic (exact) mass is 479 g/mol. The molecule has 0 spiro atoms. The minimum absolute atomic E-state index is 0.0689. The van der Waals surface area contributed by atoms with Gasteiger partial charge >= 0.3 is 5.97 Å². The molecule has 2 aromatic rings. The normalized spacial score (nSPS) is 15.6. The number of anilines is 3. The van der Waals surface area contributed by atoms with Gasteiger partial charge in [-0.05, 0) is 54.5 Å². The van der Waals surface area contributed by atoms with Crippen LogP contribution in [0.15, 0.2) is 30.3 Å². The molecule has 1 fully saturated rings. The van der Waals surface area contributed by atoms with E-state index in [2.05, 4.69) is 35.1 Å². The SMILES string of the molecule is CC(C)CN(c1ccc(C(C)CC(=O)O)cc1Nc1ccc(Cl)c(Cl)n1)C1CCOCC1. The first-order valence-electron chi connectivity index (χ1n) is 11.0. The summed E-state index contributed by atoms with van der Waals surface area (Å²) >= 11 is 12.2. The minimum Gasteiger partial charge on any atom is -0.481 e. The summed E-state index contributed by atoms with van der Waals surface area (Å²) in [4.78, 5) is 18.1. The van der Waals surface area contributed by atoms with Gasteiger partial charge in [-0.3, -0.25) is 4.79 Å². The maximum atomic E-state index is 11.3. The van der Waals surface area contributed by atoms with Crippen molar-refractivity contribution >= 4 is 46.4 Å². The number of pyridine rings is 1. The summed E-state index contributed by atoms with van der Waals surface area (Å²) in [6.07, 6.45) is 2.00. The second-order valence-corrected chi connectivity index (χ2v) is 9.52. The zero-order valence-corrected chi connectivity index (χ0v) is 20.3. The molecule has 32 heavy (non-hydrogen) atoms. The third-order valence-electron chi connectivity index (χ3n) is 5.64. The first-order valence-corrected chi connectivity index (χ1v) is 11.8. The van der Waals surface area contributed by atoms with Crippen molar-refractivity contribution in [2.24, 2.45) is 5.92 Å². The van der Waals surface area contributed by atoms with E-state index in [1.54, 1.807) is 12.1 Å². The third kappa shape index (κ3) is 6.50. The molecule has 8 heteroatoms. The Labute approximate surface area is 199 Å². The summed E-state index contributed by atoms with van der Waals surface area (Å²) in [5, 5.41) is 13.3. The van der Waals surface area contributed by atoms with Crippen LogP contribution < -0.4 is 10.2 Å². The topological polar surface area (TPSA) is 74.7 Å². The van der Waals surface area contributed by atoms with Crippen molar-refractivity contribution < 1.29 is 14.6 Å². The van der Waals surface area contributed by atoms with E-state index in [0.717, 1.165) is 49.5 Å². The summed E-state index contributed by atoms with van der Waals surface area (Å²) < 4.78 is 5.59. The van der Waals surface area contributed by atoms with Crippen molar-refractivity contribution in [2.45, 2.75) is 52.0 Å². The molecule has 1 unspecified atom stereocenters. The van der Waals surface area contributed by atoms with Crippen LogP contribution in [0.1, 0.15) is 51.5 Å². The summed E-state index contributed by atoms with van der Waals surface area (Å²) in [5.41, 5.74) is 2.89. The predicted octanol–water partition coefficient (Wildman–Crippen LogP) is 6.35. The Balaban J connectivity index is 2.03. The summed E-state index contributed by atoms with van der Waals surface area (Å²) in [7, 11) is 0. The molecule has 1 atom stereocenters. The van der Waals surface area contributed by atoms with E-state index in [-0.39, 0.29) is 17.5 Å². The number of hydrogen-bond donors (Lipinski definition) is 2. The Bertz CT molecular complexity index is 933. The van der Waals surface area contributed by atoms with Gasteiger partial charge in [-0.2, -0.15) is 0 Å². The molecule has 0 aliphatic carbocycles. The van der Waals surface area contributed by atoms with Crippen LogP contribution in [0.2, 0.25) is 10.2 Å². The number of halogens is 2. The molecule has 0 saturated carbocycles. The van der Waals surface area contributed by atoms with Gasteiger partial charge in [0.25, 0.3) is 0 Å². The lowest BCUT2D eigenvalue weighted by atomic mass is 9.95. The van der Waals surface area contributed by atoms with Crippen LogP contribution >= 0.6 is 23.2 Å². The fourth-order valence-electron chi connectivity index (χ4n) is 4.05. The van der Waals surface area contributed by atoms with Gasteiger partial charge in [-0.15, -0.1) is 0 Å². The molecule has 1 aliphatic rings. The van der Waals surface area contributed by atoms with E-state index >= 15 is 0 Å². The van der Waals surface area contributed by atoms with Crippen molar-refractivity contribution in [3.63, 3.8) is 0 Å². The fraction of sp³-hybridized carbons (Fsp3) is 0.500. The largest absolute Gasteiger partial charge is 0.481 e. The third-order valence-corrected chi connectivity index (χ3v) is 6.33. The number of hydrogen-bond acceptors (Lipinski definition) is 5. The van der Waals surface area contributed by atoms with E-state index < -0.39 is 5.97 Å².